The van der Waals surface area contributed by atoms with Crippen LogP contribution in [0.3, 0.4) is 0 Å². The van der Waals surface area contributed by atoms with Crippen molar-refractivity contribution < 1.29 is 14.3 Å². The molecule has 2 aromatic carbocycles. The number of rotatable bonds is 6. The zero-order chi connectivity index (χ0) is 23.9. The number of hydrogen-bond acceptors (Lipinski definition) is 7. The van der Waals surface area contributed by atoms with E-state index in [2.05, 4.69) is 31.3 Å². The first-order valence-corrected chi connectivity index (χ1v) is 12.3. The number of fused-ring (bicyclic) bond motifs is 1. The summed E-state index contributed by atoms with van der Waals surface area (Å²) in [4.78, 5) is 18.2. The fourth-order valence-corrected chi connectivity index (χ4v) is 5.49. The zero-order valence-corrected chi connectivity index (χ0v) is 20.6. The van der Waals surface area contributed by atoms with Gasteiger partial charge in [-0.2, -0.15) is 4.98 Å². The molecule has 5 rings (SSSR count). The van der Waals surface area contributed by atoms with Gasteiger partial charge in [-0.15, -0.1) is 5.10 Å². The number of ether oxygens (including phenoxy) is 2. The lowest BCUT2D eigenvalue weighted by Crippen LogP contribution is -2.36. The number of aromatic nitrogens is 3. The zero-order valence-electron chi connectivity index (χ0n) is 19.8. The number of nitrogens with zero attached hydrogens (tertiary/aromatic N) is 3. The van der Waals surface area contributed by atoms with E-state index in [4.69, 9.17) is 19.6 Å². The molecule has 1 N–H and O–H groups in total. The molecule has 0 amide bonds. The second kappa shape index (κ2) is 8.83. The van der Waals surface area contributed by atoms with Crippen molar-refractivity contribution in [3.8, 4) is 11.5 Å². The van der Waals surface area contributed by atoms with Crippen molar-refractivity contribution >= 4 is 23.5 Å². The van der Waals surface area contributed by atoms with Crippen molar-refractivity contribution in [2.75, 3.05) is 19.5 Å². The number of nitrogens with one attached hydrogen (secondary N) is 1. The molecule has 0 bridgehead atoms. The minimum atomic E-state index is -0.422. The Morgan fingerprint density at radius 3 is 2.65 bits per heavy atom. The molecule has 34 heavy (non-hydrogen) atoms. The molecule has 1 unspecified atom stereocenters. The van der Waals surface area contributed by atoms with E-state index in [-0.39, 0.29) is 11.2 Å². The summed E-state index contributed by atoms with van der Waals surface area (Å²) in [6.07, 6.45) is 1.25. The van der Waals surface area contributed by atoms with Gasteiger partial charge in [0.2, 0.25) is 11.1 Å². The van der Waals surface area contributed by atoms with E-state index in [0.29, 0.717) is 29.0 Å². The Morgan fingerprint density at radius 1 is 1.12 bits per heavy atom. The number of benzene rings is 2. The highest BCUT2D eigenvalue weighted by Gasteiger charge is 2.42. The summed E-state index contributed by atoms with van der Waals surface area (Å²) >= 11 is 1.58. The lowest BCUT2D eigenvalue weighted by Gasteiger charge is -2.38. The summed E-state index contributed by atoms with van der Waals surface area (Å²) in [6.45, 7) is 4.25. The number of allylic oxidation sites excluding steroid dienone is 2. The first-order chi connectivity index (χ1) is 16.4. The number of ketones is 1. The van der Waals surface area contributed by atoms with Gasteiger partial charge in [-0.25, -0.2) is 4.68 Å². The van der Waals surface area contributed by atoms with Crippen molar-refractivity contribution in [1.82, 2.24) is 14.8 Å². The summed E-state index contributed by atoms with van der Waals surface area (Å²) < 4.78 is 12.9. The van der Waals surface area contributed by atoms with E-state index < -0.39 is 6.04 Å². The van der Waals surface area contributed by atoms with Crippen molar-refractivity contribution in [2.45, 2.75) is 43.6 Å². The van der Waals surface area contributed by atoms with Gasteiger partial charge in [-0.05, 0) is 29.5 Å². The molecule has 3 aromatic rings. The van der Waals surface area contributed by atoms with Crippen LogP contribution in [0.5, 0.6) is 11.5 Å². The molecule has 2 aliphatic rings. The molecule has 1 atom stereocenters. The summed E-state index contributed by atoms with van der Waals surface area (Å²) in [5, 5.41) is 8.93. The van der Waals surface area contributed by atoms with Gasteiger partial charge in [0, 0.05) is 35.1 Å². The smallest absolute Gasteiger partial charge is 0.227 e. The lowest BCUT2D eigenvalue weighted by atomic mass is 9.73. The average Bonchev–Trinajstić information content (AvgIpc) is 3.23. The van der Waals surface area contributed by atoms with Crippen LogP contribution in [0, 0.1) is 5.41 Å². The van der Waals surface area contributed by atoms with Crippen molar-refractivity contribution in [3.05, 3.63) is 70.9 Å². The van der Waals surface area contributed by atoms with E-state index >= 15 is 0 Å². The standard InChI is InChI=1S/C26H28N4O3S/c1-26(2)13-19-22(20(31)14-26)23(18-11-10-17(32-3)12-21(18)33-4)30-24(27-19)28-25(29-30)34-15-16-8-6-5-7-9-16/h5-12,23H,13-15H2,1-4H3,(H,27,28,29). The van der Waals surface area contributed by atoms with Gasteiger partial charge in [-0.1, -0.05) is 55.9 Å². The molecule has 0 fully saturated rings. The van der Waals surface area contributed by atoms with Gasteiger partial charge in [-0.3, -0.25) is 4.79 Å². The van der Waals surface area contributed by atoms with Crippen LogP contribution >= 0.6 is 11.8 Å². The summed E-state index contributed by atoms with van der Waals surface area (Å²) in [5.74, 6) is 2.87. The van der Waals surface area contributed by atoms with Crippen LogP contribution < -0.4 is 14.8 Å². The van der Waals surface area contributed by atoms with Crippen LogP contribution in [0.1, 0.15) is 43.9 Å². The van der Waals surface area contributed by atoms with Crippen LogP contribution in [-0.4, -0.2) is 34.8 Å². The quantitative estimate of drug-likeness (QED) is 0.487. The third-order valence-electron chi connectivity index (χ3n) is 6.26. The summed E-state index contributed by atoms with van der Waals surface area (Å²) in [5.41, 5.74) is 3.60. The molecule has 0 saturated carbocycles. The molecular formula is C26H28N4O3S. The Hall–Kier alpha value is -3.26. The van der Waals surface area contributed by atoms with Gasteiger partial charge in [0.15, 0.2) is 5.78 Å². The van der Waals surface area contributed by atoms with Crippen LogP contribution in [-0.2, 0) is 10.5 Å². The second-order valence-corrected chi connectivity index (χ2v) is 10.3. The first kappa shape index (κ1) is 22.5. The fourth-order valence-electron chi connectivity index (χ4n) is 4.70. The maximum atomic E-state index is 13.4. The Kier molecular flexibility index (Phi) is 5.85. The number of carbonyl (C=O) groups excluding carboxylic acids is 1. The highest BCUT2D eigenvalue weighted by atomic mass is 32.2. The molecule has 7 nitrogen and oxygen atoms in total. The highest BCUT2D eigenvalue weighted by Crippen LogP contribution is 2.47. The van der Waals surface area contributed by atoms with Gasteiger partial charge in [0.05, 0.1) is 14.2 Å². The Bertz CT molecular complexity index is 1270. The van der Waals surface area contributed by atoms with E-state index in [1.165, 1.54) is 5.56 Å². The predicted octanol–water partition coefficient (Wildman–Crippen LogP) is 5.25. The van der Waals surface area contributed by atoms with Gasteiger partial charge < -0.3 is 14.8 Å². The Morgan fingerprint density at radius 2 is 1.91 bits per heavy atom. The van der Waals surface area contributed by atoms with Crippen molar-refractivity contribution in [1.29, 1.82) is 0 Å². The van der Waals surface area contributed by atoms with E-state index in [1.54, 1.807) is 26.0 Å². The molecule has 176 valence electrons. The van der Waals surface area contributed by atoms with Crippen LogP contribution in [0.2, 0.25) is 0 Å². The van der Waals surface area contributed by atoms with Crippen LogP contribution in [0.15, 0.2) is 65.0 Å². The van der Waals surface area contributed by atoms with Crippen molar-refractivity contribution in [2.24, 2.45) is 5.41 Å². The van der Waals surface area contributed by atoms with E-state index in [1.807, 2.05) is 41.1 Å². The third-order valence-corrected chi connectivity index (χ3v) is 7.17. The largest absolute Gasteiger partial charge is 0.497 e. The summed E-state index contributed by atoms with van der Waals surface area (Å²) in [7, 11) is 3.25. The van der Waals surface area contributed by atoms with Gasteiger partial charge >= 0.3 is 0 Å². The fraction of sp³-hybridized carbons (Fsp3) is 0.346. The minimum absolute atomic E-state index is 0.120. The molecule has 1 aromatic heterocycles. The first-order valence-electron chi connectivity index (χ1n) is 11.3. The third kappa shape index (κ3) is 4.18. The molecule has 0 spiro atoms. The maximum Gasteiger partial charge on any atom is 0.227 e. The van der Waals surface area contributed by atoms with Gasteiger partial charge in [0.1, 0.15) is 17.5 Å². The SMILES string of the molecule is COc1ccc(C2C3=C(CC(C)(C)CC3=O)Nc3nc(SCc4ccccc4)nn32)c(OC)c1. The number of hydrogen-bond donors (Lipinski definition) is 1. The molecule has 0 saturated heterocycles. The number of methoxy groups -OCH3 is 2. The average molecular weight is 477 g/mol. The number of thioether (sulfide) groups is 1. The van der Waals surface area contributed by atoms with Crippen LogP contribution in [0.4, 0.5) is 5.95 Å². The predicted molar refractivity (Wildman–Crippen MR) is 132 cm³/mol. The maximum absolute atomic E-state index is 13.4. The lowest BCUT2D eigenvalue weighted by molar-refractivity contribution is -0.118. The normalized spacial score (nSPS) is 18.7. The highest BCUT2D eigenvalue weighted by molar-refractivity contribution is 7.98. The van der Waals surface area contributed by atoms with Gasteiger partial charge in [0.25, 0.3) is 0 Å². The number of Topliss-reactive ketones (excluding diaryl/α,β-unsaturated/α-hetero) is 1. The molecule has 1 aliphatic heterocycles. The molecular weight excluding hydrogens is 448 g/mol. The molecule has 2 heterocycles. The minimum Gasteiger partial charge on any atom is -0.497 e. The molecule has 0 radical (unpaired) electrons. The van der Waals surface area contributed by atoms with E-state index in [0.717, 1.165) is 29.0 Å². The Balaban J connectivity index is 1.58. The van der Waals surface area contributed by atoms with Crippen molar-refractivity contribution in [3.63, 3.8) is 0 Å². The topological polar surface area (TPSA) is 78.3 Å². The monoisotopic (exact) mass is 476 g/mol. The van der Waals surface area contributed by atoms with Crippen LogP contribution in [0.25, 0.3) is 0 Å². The second-order valence-electron chi connectivity index (χ2n) is 9.41. The Labute approximate surface area is 203 Å². The number of anilines is 1. The summed E-state index contributed by atoms with van der Waals surface area (Å²) in [6, 6.07) is 15.5. The molecule has 1 aliphatic carbocycles. The van der Waals surface area contributed by atoms with E-state index in [9.17, 15) is 4.79 Å². The number of carbonyl (C=O) groups is 1. The molecule has 8 heteroatoms.